The fourth-order valence-electron chi connectivity index (χ4n) is 2.57. The lowest BCUT2D eigenvalue weighted by atomic mass is 10.4. The highest BCUT2D eigenvalue weighted by molar-refractivity contribution is 7.19. The summed E-state index contributed by atoms with van der Waals surface area (Å²) in [4.78, 5) is 58.5. The number of anilines is 2. The lowest BCUT2D eigenvalue weighted by molar-refractivity contribution is 0.0521. The molecule has 0 aromatic carbocycles. The van der Waals surface area contributed by atoms with Crippen LogP contribution in [0.5, 0.6) is 0 Å². The molecule has 0 fully saturated rings. The first-order chi connectivity index (χ1) is 15.7. The van der Waals surface area contributed by atoms with Gasteiger partial charge in [0.15, 0.2) is 10.3 Å². The first-order valence-corrected chi connectivity index (χ1v) is 12.2. The van der Waals surface area contributed by atoms with E-state index in [1.165, 1.54) is 12.1 Å². The average molecular weight is 509 g/mol. The zero-order valence-electron chi connectivity index (χ0n) is 18.1. The molecule has 0 spiro atoms. The van der Waals surface area contributed by atoms with Crippen LogP contribution in [0.4, 0.5) is 10.3 Å². The predicted molar refractivity (Wildman–Crippen MR) is 126 cm³/mol. The highest BCUT2D eigenvalue weighted by Crippen LogP contribution is 2.27. The number of esters is 2. The van der Waals surface area contributed by atoms with Gasteiger partial charge in [0.1, 0.15) is 9.75 Å². The predicted octanol–water partition coefficient (Wildman–Crippen LogP) is 4.14. The maximum absolute atomic E-state index is 12.6. The van der Waals surface area contributed by atoms with E-state index in [0.717, 1.165) is 34.0 Å². The Bertz CT molecular complexity index is 1120. The number of hydrogen-bond acceptors (Lipinski definition) is 11. The summed E-state index contributed by atoms with van der Waals surface area (Å²) in [5, 5.41) is 5.77. The van der Waals surface area contributed by atoms with Crippen LogP contribution in [0, 0.1) is 13.8 Å². The Kier molecular flexibility index (Phi) is 7.89. The van der Waals surface area contributed by atoms with Crippen LogP contribution in [0.1, 0.15) is 63.9 Å². The molecule has 0 bridgehead atoms. The van der Waals surface area contributed by atoms with Crippen molar-refractivity contribution in [1.82, 2.24) is 9.97 Å². The van der Waals surface area contributed by atoms with Gasteiger partial charge in [0.25, 0.3) is 11.8 Å². The number of thiophene rings is 1. The highest BCUT2D eigenvalue weighted by atomic mass is 32.1. The smallest absolute Gasteiger partial charge is 0.350 e. The first-order valence-electron chi connectivity index (χ1n) is 9.75. The number of rotatable bonds is 8. The number of amides is 2. The minimum atomic E-state index is -0.494. The van der Waals surface area contributed by atoms with Crippen molar-refractivity contribution in [1.29, 1.82) is 0 Å². The minimum absolute atomic E-state index is 0.239. The van der Waals surface area contributed by atoms with Gasteiger partial charge < -0.3 is 9.47 Å². The van der Waals surface area contributed by atoms with Crippen LogP contribution >= 0.6 is 34.0 Å². The largest absolute Gasteiger partial charge is 0.462 e. The standard InChI is InChI=1S/C20H20N4O6S3/c1-5-29-17(27)13-9(3)21-19(32-13)23-15(25)11-7-8-12(31-11)16(26)24-20-22-10(4)14(33-20)18(28)30-6-2/h7-8H,5-6H2,1-4H3,(H,21,23,25)(H,22,24,26). The van der Waals surface area contributed by atoms with E-state index in [2.05, 4.69) is 20.6 Å². The molecule has 0 saturated carbocycles. The Morgan fingerprint density at radius 1 is 0.758 bits per heavy atom. The maximum Gasteiger partial charge on any atom is 0.350 e. The maximum atomic E-state index is 12.6. The van der Waals surface area contributed by atoms with Crippen molar-refractivity contribution in [3.8, 4) is 0 Å². The zero-order chi connectivity index (χ0) is 24.1. The monoisotopic (exact) mass is 508 g/mol. The van der Waals surface area contributed by atoms with Gasteiger partial charge in [0.2, 0.25) is 0 Å². The second-order valence-corrected chi connectivity index (χ2v) is 9.46. The summed E-state index contributed by atoms with van der Waals surface area (Å²) >= 11 is 3.02. The van der Waals surface area contributed by atoms with E-state index in [9.17, 15) is 19.2 Å². The summed E-state index contributed by atoms with van der Waals surface area (Å²) in [6.07, 6.45) is 0. The van der Waals surface area contributed by atoms with Gasteiger partial charge in [-0.05, 0) is 39.8 Å². The van der Waals surface area contributed by atoms with E-state index in [4.69, 9.17) is 9.47 Å². The van der Waals surface area contributed by atoms with Gasteiger partial charge >= 0.3 is 11.9 Å². The summed E-state index contributed by atoms with van der Waals surface area (Å²) in [6, 6.07) is 3.03. The van der Waals surface area contributed by atoms with Gasteiger partial charge in [0.05, 0.1) is 34.4 Å². The van der Waals surface area contributed by atoms with E-state index < -0.39 is 23.8 Å². The molecule has 3 aromatic heterocycles. The van der Waals surface area contributed by atoms with Crippen LogP contribution in [0.2, 0.25) is 0 Å². The molecule has 3 rings (SSSR count). The van der Waals surface area contributed by atoms with Crippen molar-refractivity contribution in [2.24, 2.45) is 0 Å². The number of carbonyl (C=O) groups excluding carboxylic acids is 4. The molecule has 0 saturated heterocycles. The fraction of sp³-hybridized carbons (Fsp3) is 0.300. The molecule has 174 valence electrons. The first kappa shape index (κ1) is 24.5. The van der Waals surface area contributed by atoms with Crippen molar-refractivity contribution in [2.45, 2.75) is 27.7 Å². The molecule has 3 aromatic rings. The van der Waals surface area contributed by atoms with Gasteiger partial charge in [-0.3, -0.25) is 20.2 Å². The molecule has 13 heteroatoms. The quantitative estimate of drug-likeness (QED) is 0.433. The van der Waals surface area contributed by atoms with Gasteiger partial charge in [0, 0.05) is 0 Å². The summed E-state index contributed by atoms with van der Waals surface area (Å²) in [6.45, 7) is 7.19. The van der Waals surface area contributed by atoms with Crippen LogP contribution in [-0.4, -0.2) is 46.9 Å². The minimum Gasteiger partial charge on any atom is -0.462 e. The van der Waals surface area contributed by atoms with E-state index in [0.29, 0.717) is 21.1 Å². The highest BCUT2D eigenvalue weighted by Gasteiger charge is 2.21. The topological polar surface area (TPSA) is 137 Å². The Morgan fingerprint density at radius 2 is 1.15 bits per heavy atom. The number of ether oxygens (including phenoxy) is 2. The van der Waals surface area contributed by atoms with Crippen LogP contribution in [0.3, 0.4) is 0 Å². The lowest BCUT2D eigenvalue weighted by Gasteiger charge is -1.99. The van der Waals surface area contributed by atoms with E-state index in [1.807, 2.05) is 0 Å². The number of nitrogens with zero attached hydrogens (tertiary/aromatic N) is 2. The van der Waals surface area contributed by atoms with Crippen LogP contribution in [0.15, 0.2) is 12.1 Å². The molecule has 2 N–H and O–H groups in total. The van der Waals surface area contributed by atoms with E-state index in [-0.39, 0.29) is 33.2 Å². The SMILES string of the molecule is CCOC(=O)c1sc(NC(=O)c2ccc(C(=O)Nc3nc(C)c(C(=O)OCC)s3)s2)nc1C. The molecule has 0 radical (unpaired) electrons. The number of aryl methyl sites for hydroxylation is 2. The van der Waals surface area contributed by atoms with Crippen molar-refractivity contribution in [3.63, 3.8) is 0 Å². The van der Waals surface area contributed by atoms with Crippen molar-refractivity contribution in [2.75, 3.05) is 23.8 Å². The number of carbonyl (C=O) groups is 4. The zero-order valence-corrected chi connectivity index (χ0v) is 20.6. The van der Waals surface area contributed by atoms with Crippen molar-refractivity contribution < 1.29 is 28.7 Å². The normalized spacial score (nSPS) is 10.5. The molecule has 0 aliphatic carbocycles. The summed E-state index contributed by atoms with van der Waals surface area (Å²) in [7, 11) is 0. The molecule has 0 aliphatic heterocycles. The van der Waals surface area contributed by atoms with E-state index >= 15 is 0 Å². The van der Waals surface area contributed by atoms with Gasteiger partial charge in [-0.15, -0.1) is 11.3 Å². The lowest BCUT2D eigenvalue weighted by Crippen LogP contribution is -2.11. The number of hydrogen-bond donors (Lipinski definition) is 2. The van der Waals surface area contributed by atoms with Crippen molar-refractivity contribution in [3.05, 3.63) is 43.0 Å². The molecule has 33 heavy (non-hydrogen) atoms. The third-order valence-electron chi connectivity index (χ3n) is 4.01. The average Bonchev–Trinajstić information content (AvgIpc) is 3.47. The Hall–Kier alpha value is -3.16. The Balaban J connectivity index is 1.66. The second kappa shape index (κ2) is 10.6. The molecule has 3 heterocycles. The Labute approximate surface area is 201 Å². The van der Waals surface area contributed by atoms with Gasteiger partial charge in [-0.1, -0.05) is 22.7 Å². The number of aromatic nitrogens is 2. The molecular weight excluding hydrogens is 488 g/mol. The third-order valence-corrected chi connectivity index (χ3v) is 7.20. The van der Waals surface area contributed by atoms with Crippen LogP contribution in [-0.2, 0) is 9.47 Å². The molecular formula is C20H20N4O6S3. The van der Waals surface area contributed by atoms with Gasteiger partial charge in [-0.2, -0.15) is 0 Å². The number of thiazole rings is 2. The van der Waals surface area contributed by atoms with Crippen molar-refractivity contribution >= 4 is 68.0 Å². The molecule has 0 unspecified atom stereocenters. The molecule has 2 amide bonds. The third kappa shape index (κ3) is 5.80. The van der Waals surface area contributed by atoms with Crippen LogP contribution in [0.25, 0.3) is 0 Å². The van der Waals surface area contributed by atoms with Gasteiger partial charge in [-0.25, -0.2) is 19.6 Å². The summed E-state index contributed by atoms with van der Waals surface area (Å²) < 4.78 is 9.94. The number of nitrogens with one attached hydrogen (secondary N) is 2. The summed E-state index contributed by atoms with van der Waals surface area (Å²) in [5.41, 5.74) is 0.918. The Morgan fingerprint density at radius 3 is 1.52 bits per heavy atom. The summed E-state index contributed by atoms with van der Waals surface area (Å²) in [5.74, 6) is -1.91. The molecule has 0 aliphatic rings. The fourth-order valence-corrected chi connectivity index (χ4v) is 5.08. The van der Waals surface area contributed by atoms with E-state index in [1.54, 1.807) is 27.7 Å². The molecule has 0 atom stereocenters. The molecule has 10 nitrogen and oxygen atoms in total. The van der Waals surface area contributed by atoms with Crippen LogP contribution < -0.4 is 10.6 Å². The second-order valence-electron chi connectivity index (χ2n) is 6.38.